The molecule has 0 aromatic heterocycles. The number of morpholine rings is 1. The molecule has 0 spiro atoms. The monoisotopic (exact) mass is 413 g/mol. The van der Waals surface area contributed by atoms with Crippen LogP contribution < -0.4 is 20.1 Å². The van der Waals surface area contributed by atoms with Gasteiger partial charge < -0.3 is 24.8 Å². The molecule has 0 saturated carbocycles. The number of hydrogen-bond donors (Lipinski definition) is 2. The van der Waals surface area contributed by atoms with E-state index in [1.807, 2.05) is 30.3 Å². The smallest absolute Gasteiger partial charge is 0.313 e. The molecule has 8 heteroatoms. The number of nitrogens with zero attached hydrogens (tertiary/aromatic N) is 1. The first kappa shape index (κ1) is 21.6. The fourth-order valence-corrected chi connectivity index (χ4v) is 3.27. The summed E-state index contributed by atoms with van der Waals surface area (Å²) in [5.41, 5.74) is 1.51. The minimum absolute atomic E-state index is 0.0134. The zero-order chi connectivity index (χ0) is 21.3. The molecule has 3 rings (SSSR count). The van der Waals surface area contributed by atoms with Crippen LogP contribution in [-0.4, -0.2) is 63.7 Å². The molecule has 1 saturated heterocycles. The Morgan fingerprint density at radius 2 is 1.90 bits per heavy atom. The number of amides is 2. The zero-order valence-corrected chi connectivity index (χ0v) is 17.2. The second-order valence-corrected chi connectivity index (χ2v) is 6.85. The summed E-state index contributed by atoms with van der Waals surface area (Å²) in [6.45, 7) is 3.15. The molecule has 8 nitrogen and oxygen atoms in total. The molecular weight excluding hydrogens is 386 g/mol. The van der Waals surface area contributed by atoms with Crippen LogP contribution in [0.4, 0.5) is 5.69 Å². The van der Waals surface area contributed by atoms with Crippen LogP contribution in [0.3, 0.4) is 0 Å². The molecular formula is C22H27N3O5. The summed E-state index contributed by atoms with van der Waals surface area (Å²) in [4.78, 5) is 26.6. The SMILES string of the molecule is COc1ccc(OC)c(NC(=O)C(=O)NCCN2CCOC(c3ccccc3)C2)c1. The Morgan fingerprint density at radius 3 is 2.63 bits per heavy atom. The molecule has 1 unspecified atom stereocenters. The third-order valence-electron chi connectivity index (χ3n) is 4.90. The topological polar surface area (TPSA) is 89.1 Å². The summed E-state index contributed by atoms with van der Waals surface area (Å²) in [5, 5.41) is 5.23. The average molecular weight is 413 g/mol. The van der Waals surface area contributed by atoms with Crippen LogP contribution in [0.5, 0.6) is 11.5 Å². The van der Waals surface area contributed by atoms with Gasteiger partial charge >= 0.3 is 11.8 Å². The van der Waals surface area contributed by atoms with E-state index >= 15 is 0 Å². The molecule has 0 radical (unpaired) electrons. The minimum Gasteiger partial charge on any atom is -0.497 e. The first-order valence-electron chi connectivity index (χ1n) is 9.81. The number of nitrogens with one attached hydrogen (secondary N) is 2. The van der Waals surface area contributed by atoms with Gasteiger partial charge in [-0.25, -0.2) is 0 Å². The van der Waals surface area contributed by atoms with Gasteiger partial charge in [-0.15, -0.1) is 0 Å². The molecule has 30 heavy (non-hydrogen) atoms. The number of rotatable bonds is 7. The minimum atomic E-state index is -0.759. The predicted molar refractivity (Wildman–Crippen MR) is 113 cm³/mol. The number of anilines is 1. The Balaban J connectivity index is 1.47. The van der Waals surface area contributed by atoms with Gasteiger partial charge in [0.15, 0.2) is 0 Å². The maximum atomic E-state index is 12.2. The van der Waals surface area contributed by atoms with Crippen molar-refractivity contribution in [3.63, 3.8) is 0 Å². The number of carbonyl (C=O) groups excluding carboxylic acids is 2. The molecule has 0 aliphatic carbocycles. The highest BCUT2D eigenvalue weighted by Crippen LogP contribution is 2.28. The normalized spacial score (nSPS) is 16.5. The van der Waals surface area contributed by atoms with E-state index in [0.29, 0.717) is 36.9 Å². The van der Waals surface area contributed by atoms with Gasteiger partial charge in [-0.05, 0) is 17.7 Å². The van der Waals surface area contributed by atoms with Crippen LogP contribution >= 0.6 is 0 Å². The molecule has 1 heterocycles. The molecule has 2 aromatic rings. The fraction of sp³-hybridized carbons (Fsp3) is 0.364. The highest BCUT2D eigenvalue weighted by atomic mass is 16.5. The molecule has 160 valence electrons. The number of ether oxygens (including phenoxy) is 3. The number of benzene rings is 2. The van der Waals surface area contributed by atoms with Crippen molar-refractivity contribution in [3.8, 4) is 11.5 Å². The van der Waals surface area contributed by atoms with Gasteiger partial charge in [0, 0.05) is 32.2 Å². The number of methoxy groups -OCH3 is 2. The van der Waals surface area contributed by atoms with Crippen molar-refractivity contribution in [1.29, 1.82) is 0 Å². The quantitative estimate of drug-likeness (QED) is 0.674. The van der Waals surface area contributed by atoms with Crippen molar-refractivity contribution in [3.05, 3.63) is 54.1 Å². The van der Waals surface area contributed by atoms with E-state index < -0.39 is 11.8 Å². The Bertz CT molecular complexity index is 859. The van der Waals surface area contributed by atoms with E-state index in [4.69, 9.17) is 14.2 Å². The lowest BCUT2D eigenvalue weighted by molar-refractivity contribution is -0.136. The van der Waals surface area contributed by atoms with Crippen LogP contribution in [0.25, 0.3) is 0 Å². The zero-order valence-electron chi connectivity index (χ0n) is 17.2. The van der Waals surface area contributed by atoms with Crippen LogP contribution in [-0.2, 0) is 14.3 Å². The second-order valence-electron chi connectivity index (χ2n) is 6.85. The fourth-order valence-electron chi connectivity index (χ4n) is 3.27. The first-order valence-corrected chi connectivity index (χ1v) is 9.81. The van der Waals surface area contributed by atoms with Gasteiger partial charge in [-0.2, -0.15) is 0 Å². The van der Waals surface area contributed by atoms with E-state index in [-0.39, 0.29) is 6.10 Å². The Labute approximate surface area is 176 Å². The van der Waals surface area contributed by atoms with E-state index in [1.165, 1.54) is 14.2 Å². The van der Waals surface area contributed by atoms with Crippen LogP contribution in [0.1, 0.15) is 11.7 Å². The van der Waals surface area contributed by atoms with E-state index in [1.54, 1.807) is 18.2 Å². The maximum Gasteiger partial charge on any atom is 0.313 e. The first-order chi connectivity index (χ1) is 14.6. The molecule has 1 fully saturated rings. The van der Waals surface area contributed by atoms with Crippen LogP contribution in [0, 0.1) is 0 Å². The highest BCUT2D eigenvalue weighted by Gasteiger charge is 2.22. The summed E-state index contributed by atoms with van der Waals surface area (Å²) < 4.78 is 16.2. The third kappa shape index (κ3) is 5.71. The van der Waals surface area contributed by atoms with Gasteiger partial charge in [0.2, 0.25) is 0 Å². The molecule has 1 aliphatic rings. The standard InChI is InChI=1S/C22H27N3O5/c1-28-17-8-9-19(29-2)18(14-17)24-22(27)21(26)23-10-11-25-12-13-30-20(15-25)16-6-4-3-5-7-16/h3-9,14,20H,10-13,15H2,1-2H3,(H,23,26)(H,24,27). The van der Waals surface area contributed by atoms with Crippen LogP contribution in [0.2, 0.25) is 0 Å². The van der Waals surface area contributed by atoms with E-state index in [0.717, 1.165) is 18.7 Å². The highest BCUT2D eigenvalue weighted by molar-refractivity contribution is 6.39. The predicted octanol–water partition coefficient (Wildman–Crippen LogP) is 1.83. The summed E-state index contributed by atoms with van der Waals surface area (Å²) in [6, 6.07) is 15.0. The average Bonchev–Trinajstić information content (AvgIpc) is 2.79. The Morgan fingerprint density at radius 1 is 1.10 bits per heavy atom. The Hall–Kier alpha value is -3.10. The van der Waals surface area contributed by atoms with Gasteiger partial charge in [-0.3, -0.25) is 14.5 Å². The lowest BCUT2D eigenvalue weighted by Gasteiger charge is -2.33. The molecule has 1 aliphatic heterocycles. The third-order valence-corrected chi connectivity index (χ3v) is 4.90. The van der Waals surface area contributed by atoms with Crippen LogP contribution in [0.15, 0.2) is 48.5 Å². The molecule has 1 atom stereocenters. The van der Waals surface area contributed by atoms with Crippen molar-refractivity contribution >= 4 is 17.5 Å². The van der Waals surface area contributed by atoms with Gasteiger partial charge in [0.05, 0.1) is 32.6 Å². The largest absolute Gasteiger partial charge is 0.497 e. The number of hydrogen-bond acceptors (Lipinski definition) is 6. The van der Waals surface area contributed by atoms with Crippen molar-refractivity contribution in [1.82, 2.24) is 10.2 Å². The summed E-state index contributed by atoms with van der Waals surface area (Å²) in [6.07, 6.45) is 0.0134. The van der Waals surface area contributed by atoms with Gasteiger partial charge in [-0.1, -0.05) is 30.3 Å². The molecule has 0 bridgehead atoms. The van der Waals surface area contributed by atoms with E-state index in [9.17, 15) is 9.59 Å². The molecule has 2 aromatic carbocycles. The summed E-state index contributed by atoms with van der Waals surface area (Å²) in [5.74, 6) is -0.470. The number of carbonyl (C=O) groups is 2. The lowest BCUT2D eigenvalue weighted by atomic mass is 10.1. The lowest BCUT2D eigenvalue weighted by Crippen LogP contribution is -2.44. The molecule has 2 N–H and O–H groups in total. The summed E-state index contributed by atoms with van der Waals surface area (Å²) in [7, 11) is 3.01. The van der Waals surface area contributed by atoms with Gasteiger partial charge in [0.25, 0.3) is 0 Å². The van der Waals surface area contributed by atoms with E-state index in [2.05, 4.69) is 15.5 Å². The molecule has 2 amide bonds. The van der Waals surface area contributed by atoms with Crippen molar-refractivity contribution < 1.29 is 23.8 Å². The maximum absolute atomic E-state index is 12.2. The van der Waals surface area contributed by atoms with Crippen molar-refractivity contribution in [2.75, 3.05) is 52.3 Å². The second kappa shape index (κ2) is 10.6. The van der Waals surface area contributed by atoms with Crippen molar-refractivity contribution in [2.24, 2.45) is 0 Å². The Kier molecular flexibility index (Phi) is 7.64. The van der Waals surface area contributed by atoms with Crippen molar-refractivity contribution in [2.45, 2.75) is 6.10 Å². The van der Waals surface area contributed by atoms with Gasteiger partial charge in [0.1, 0.15) is 11.5 Å². The summed E-state index contributed by atoms with van der Waals surface area (Å²) >= 11 is 0.